The summed E-state index contributed by atoms with van der Waals surface area (Å²) < 4.78 is 13.1. The van der Waals surface area contributed by atoms with Gasteiger partial charge in [0.05, 0.1) is 16.3 Å². The number of likely N-dealkylation sites (tertiary alicyclic amines) is 1. The van der Waals surface area contributed by atoms with Crippen molar-refractivity contribution in [1.82, 2.24) is 4.90 Å². The average molecular weight is 529 g/mol. The number of carbonyl (C=O) groups is 2. The molecule has 1 aliphatic heterocycles. The molecule has 4 nitrogen and oxygen atoms in total. The number of halogens is 2. The molecule has 37 heavy (non-hydrogen) atoms. The minimum absolute atomic E-state index is 0. The first-order valence-corrected chi connectivity index (χ1v) is 13.0. The molecule has 1 saturated heterocycles. The van der Waals surface area contributed by atoms with E-state index in [4.69, 9.17) is 17.3 Å². The number of ketones is 1. The Labute approximate surface area is 227 Å². The third-order valence-electron chi connectivity index (χ3n) is 6.12. The largest absolute Gasteiger partial charge is 0.396 e. The number of aryl methyl sites for hydroxylation is 1. The van der Waals surface area contributed by atoms with Crippen LogP contribution in [0.3, 0.4) is 0 Å². The molecule has 6 heteroatoms. The highest BCUT2D eigenvalue weighted by molar-refractivity contribution is 6.34. The summed E-state index contributed by atoms with van der Waals surface area (Å²) in [5.74, 6) is -0.280. The molecular formula is C31H42ClFN2O2. The number of hydrogen-bond donors (Lipinski definition) is 1. The third kappa shape index (κ3) is 8.85. The molecular weight excluding hydrogens is 487 g/mol. The first-order valence-electron chi connectivity index (χ1n) is 12.7. The summed E-state index contributed by atoms with van der Waals surface area (Å²) in [6, 6.07) is 10.0. The molecule has 0 radical (unpaired) electrons. The second-order valence-electron chi connectivity index (χ2n) is 9.30. The number of rotatable bonds is 7. The van der Waals surface area contributed by atoms with E-state index in [9.17, 15) is 14.0 Å². The van der Waals surface area contributed by atoms with Crippen molar-refractivity contribution in [3.8, 4) is 0 Å². The zero-order valence-electron chi connectivity index (χ0n) is 21.9. The lowest BCUT2D eigenvalue weighted by atomic mass is 9.89. The highest BCUT2D eigenvalue weighted by Crippen LogP contribution is 2.30. The minimum Gasteiger partial charge on any atom is -0.396 e. The Morgan fingerprint density at radius 3 is 2.19 bits per heavy atom. The lowest BCUT2D eigenvalue weighted by Gasteiger charge is -2.32. The molecule has 0 spiro atoms. The van der Waals surface area contributed by atoms with Gasteiger partial charge in [0, 0.05) is 18.7 Å². The fourth-order valence-corrected chi connectivity index (χ4v) is 4.59. The molecule has 0 atom stereocenters. The van der Waals surface area contributed by atoms with E-state index in [0.29, 0.717) is 47.2 Å². The normalized spacial score (nSPS) is 13.8. The second-order valence-corrected chi connectivity index (χ2v) is 9.71. The van der Waals surface area contributed by atoms with Gasteiger partial charge in [-0.2, -0.15) is 0 Å². The van der Waals surface area contributed by atoms with Gasteiger partial charge in [-0.25, -0.2) is 4.39 Å². The smallest absolute Gasteiger partial charge is 0.255 e. The number of Topliss-reactive ketones (excluding diaryl/α,β-unsaturated/α-hetero) is 1. The minimum atomic E-state index is -0.345. The Morgan fingerprint density at radius 2 is 1.68 bits per heavy atom. The lowest BCUT2D eigenvalue weighted by Crippen LogP contribution is -2.39. The van der Waals surface area contributed by atoms with E-state index in [1.54, 1.807) is 18.2 Å². The van der Waals surface area contributed by atoms with E-state index < -0.39 is 0 Å². The Hall–Kier alpha value is -2.92. The van der Waals surface area contributed by atoms with Crippen molar-refractivity contribution in [2.45, 2.75) is 67.2 Å². The number of nitrogens with two attached hydrogens (primary N) is 1. The van der Waals surface area contributed by atoms with E-state index in [2.05, 4.69) is 20.4 Å². The van der Waals surface area contributed by atoms with Crippen molar-refractivity contribution in [1.29, 1.82) is 0 Å². The summed E-state index contributed by atoms with van der Waals surface area (Å²) in [5, 5.41) is 0.365. The zero-order valence-corrected chi connectivity index (χ0v) is 22.6. The number of amides is 1. The van der Waals surface area contributed by atoms with Crippen molar-refractivity contribution in [2.24, 2.45) is 11.7 Å². The quantitative estimate of drug-likeness (QED) is 0.373. The predicted octanol–water partition coefficient (Wildman–Crippen LogP) is 7.77. The molecule has 1 heterocycles. The lowest BCUT2D eigenvalue weighted by molar-refractivity contribution is -0.110. The summed E-state index contributed by atoms with van der Waals surface area (Å²) in [6.07, 6.45) is 6.29. The molecule has 2 aromatic rings. The van der Waals surface area contributed by atoms with Gasteiger partial charge in [0.15, 0.2) is 0 Å². The van der Waals surface area contributed by atoms with Gasteiger partial charge in [-0.15, -0.1) is 0 Å². The van der Waals surface area contributed by atoms with Crippen molar-refractivity contribution in [3.05, 3.63) is 87.8 Å². The third-order valence-corrected chi connectivity index (χ3v) is 6.43. The average Bonchev–Trinajstić information content (AvgIpc) is 2.84. The Bertz CT molecular complexity index is 1100. The summed E-state index contributed by atoms with van der Waals surface area (Å²) in [6.45, 7) is 12.9. The van der Waals surface area contributed by atoms with Crippen LogP contribution in [0.1, 0.15) is 80.9 Å². The summed E-state index contributed by atoms with van der Waals surface area (Å²) in [4.78, 5) is 27.8. The first kappa shape index (κ1) is 32.1. The molecule has 0 aromatic heterocycles. The van der Waals surface area contributed by atoms with Crippen LogP contribution in [0.2, 0.25) is 5.02 Å². The number of nitrogens with zero attached hydrogens (tertiary/aromatic N) is 1. The van der Waals surface area contributed by atoms with Gasteiger partial charge in [0.1, 0.15) is 5.82 Å². The number of hydrogen-bond acceptors (Lipinski definition) is 3. The monoisotopic (exact) mass is 528 g/mol. The summed E-state index contributed by atoms with van der Waals surface area (Å²) >= 11 is 6.46. The summed E-state index contributed by atoms with van der Waals surface area (Å²) in [7, 11) is 0. The summed E-state index contributed by atoms with van der Waals surface area (Å²) in [5.41, 5.74) is 8.99. The Morgan fingerprint density at radius 1 is 1.11 bits per heavy atom. The number of benzene rings is 2. The molecule has 0 aliphatic carbocycles. The number of piperidine rings is 1. The van der Waals surface area contributed by atoms with Crippen LogP contribution in [0, 0.1) is 18.7 Å². The van der Waals surface area contributed by atoms with Crippen LogP contribution < -0.4 is 5.73 Å². The number of carbonyl (C=O) groups excluding carboxylic acids is 2. The van der Waals surface area contributed by atoms with Crippen LogP contribution in [-0.4, -0.2) is 29.7 Å². The molecule has 202 valence electrons. The van der Waals surface area contributed by atoms with E-state index >= 15 is 0 Å². The maximum Gasteiger partial charge on any atom is 0.255 e. The van der Waals surface area contributed by atoms with E-state index in [-0.39, 0.29) is 30.6 Å². The van der Waals surface area contributed by atoms with Crippen molar-refractivity contribution < 1.29 is 14.0 Å². The van der Waals surface area contributed by atoms with Gasteiger partial charge in [-0.05, 0) is 79.5 Å². The molecule has 0 unspecified atom stereocenters. The van der Waals surface area contributed by atoms with Crippen LogP contribution in [0.15, 0.2) is 54.8 Å². The molecule has 2 N–H and O–H groups in total. The molecule has 3 rings (SSSR count). The van der Waals surface area contributed by atoms with E-state index in [1.165, 1.54) is 18.6 Å². The molecule has 2 aromatic carbocycles. The highest BCUT2D eigenvalue weighted by atomic mass is 35.5. The number of allylic oxidation sites excluding steroid dienone is 2. The molecule has 0 saturated carbocycles. The second kappa shape index (κ2) is 15.4. The van der Waals surface area contributed by atoms with Crippen LogP contribution in [0.25, 0.3) is 5.57 Å². The molecule has 1 amide bonds. The highest BCUT2D eigenvalue weighted by Gasteiger charge is 2.26. The van der Waals surface area contributed by atoms with Crippen LogP contribution in [0.4, 0.5) is 4.39 Å². The Kier molecular flexibility index (Phi) is 13.3. The first-order chi connectivity index (χ1) is 17.1. The van der Waals surface area contributed by atoms with Crippen LogP contribution in [0.5, 0.6) is 0 Å². The zero-order chi connectivity index (χ0) is 26.8. The fraction of sp³-hybridized carbons (Fsp3) is 0.419. The van der Waals surface area contributed by atoms with E-state index in [1.807, 2.05) is 30.9 Å². The van der Waals surface area contributed by atoms with Crippen LogP contribution in [-0.2, 0) is 11.2 Å². The van der Waals surface area contributed by atoms with Gasteiger partial charge in [-0.3, -0.25) is 9.59 Å². The van der Waals surface area contributed by atoms with Gasteiger partial charge >= 0.3 is 0 Å². The SMILES string of the molecule is C.C=C(N)C(=O)/C(=C/CC)c1cc(C(=O)N2CCC(Cc3ccc(F)cc3)CC2)c(Cl)cc1C.CCC. The van der Waals surface area contributed by atoms with E-state index in [0.717, 1.165) is 30.4 Å². The Balaban J connectivity index is 0.00000163. The van der Waals surface area contributed by atoms with Gasteiger partial charge in [0.25, 0.3) is 5.91 Å². The molecule has 0 bridgehead atoms. The van der Waals surface area contributed by atoms with Gasteiger partial charge in [0.2, 0.25) is 5.78 Å². The van der Waals surface area contributed by atoms with Crippen LogP contribution >= 0.6 is 11.6 Å². The van der Waals surface area contributed by atoms with Crippen molar-refractivity contribution in [2.75, 3.05) is 13.1 Å². The topological polar surface area (TPSA) is 63.4 Å². The standard InChI is InChI=1S/C27H30ClFN2O2.C3H8.CH4/c1-4-5-22(26(32)18(3)30)23-16-24(25(28)14-17(23)2)27(33)31-12-10-20(11-13-31)15-19-6-8-21(29)9-7-19;1-3-2;/h5-9,14,16,20H,3-4,10-13,15,30H2,1-2H3;3H2,1-2H3;1H4/b22-5+;;. The van der Waals surface area contributed by atoms with Crippen molar-refractivity contribution >= 4 is 28.9 Å². The van der Waals surface area contributed by atoms with Crippen molar-refractivity contribution in [3.63, 3.8) is 0 Å². The molecule has 1 fully saturated rings. The maximum atomic E-state index is 13.3. The fourth-order valence-electron chi connectivity index (χ4n) is 4.29. The predicted molar refractivity (Wildman–Crippen MR) is 154 cm³/mol. The van der Waals surface area contributed by atoms with Gasteiger partial charge in [-0.1, -0.05) is 71.0 Å². The van der Waals surface area contributed by atoms with Gasteiger partial charge < -0.3 is 10.6 Å². The molecule has 1 aliphatic rings. The maximum absolute atomic E-state index is 13.3.